The Morgan fingerprint density at radius 2 is 1.60 bits per heavy atom. The summed E-state index contributed by atoms with van der Waals surface area (Å²) in [6, 6.07) is 2.16. The van der Waals surface area contributed by atoms with E-state index in [-0.39, 0.29) is 23.9 Å². The molecule has 108 valence electrons. The Morgan fingerprint density at radius 3 is 2.15 bits per heavy atom. The largest absolute Gasteiger partial charge is 0.332 e. The molecule has 1 aromatic carbocycles. The van der Waals surface area contributed by atoms with Gasteiger partial charge in [-0.25, -0.2) is 8.78 Å². The van der Waals surface area contributed by atoms with Crippen molar-refractivity contribution >= 4 is 11.8 Å². The fourth-order valence-corrected chi connectivity index (χ4v) is 2.28. The number of hydrogen-bond donors (Lipinski definition) is 0. The van der Waals surface area contributed by atoms with Crippen LogP contribution >= 0.6 is 0 Å². The molecule has 0 N–H and O–H groups in total. The van der Waals surface area contributed by atoms with Crippen molar-refractivity contribution in [1.29, 1.82) is 0 Å². The van der Waals surface area contributed by atoms with Crippen LogP contribution in [0.15, 0.2) is 18.2 Å². The van der Waals surface area contributed by atoms with Crippen LogP contribution in [0.25, 0.3) is 0 Å². The maximum atomic E-state index is 13.7. The van der Waals surface area contributed by atoms with E-state index in [1.165, 1.54) is 15.9 Å². The van der Waals surface area contributed by atoms with Crippen LogP contribution in [0.4, 0.5) is 8.78 Å². The maximum Gasteiger partial charge on any atom is 0.246 e. The maximum absolute atomic E-state index is 13.7. The van der Waals surface area contributed by atoms with E-state index in [0.717, 1.165) is 12.1 Å². The predicted octanol–water partition coefficient (Wildman–Crippen LogP) is 1.54. The summed E-state index contributed by atoms with van der Waals surface area (Å²) in [5.74, 6) is -2.00. The van der Waals surface area contributed by atoms with Gasteiger partial charge in [-0.1, -0.05) is 6.07 Å². The summed E-state index contributed by atoms with van der Waals surface area (Å²) in [7, 11) is 1.54. The van der Waals surface area contributed by atoms with Gasteiger partial charge in [0.2, 0.25) is 11.8 Å². The van der Waals surface area contributed by atoms with Gasteiger partial charge < -0.3 is 9.80 Å². The molecule has 1 fully saturated rings. The Bertz CT molecular complexity index is 542. The molecule has 0 aromatic heterocycles. The fourth-order valence-electron chi connectivity index (χ4n) is 2.28. The summed E-state index contributed by atoms with van der Waals surface area (Å²) in [6.07, 6.45) is 0. The topological polar surface area (TPSA) is 40.6 Å². The monoisotopic (exact) mass is 282 g/mol. The smallest absolute Gasteiger partial charge is 0.246 e. The first-order chi connectivity index (χ1) is 9.34. The highest BCUT2D eigenvalue weighted by Crippen LogP contribution is 2.22. The van der Waals surface area contributed by atoms with E-state index in [0.29, 0.717) is 0 Å². The molecular weight excluding hydrogens is 266 g/mol. The third-order valence-corrected chi connectivity index (χ3v) is 3.78. The van der Waals surface area contributed by atoms with E-state index in [1.54, 1.807) is 20.9 Å². The number of benzene rings is 1. The number of rotatable bonds is 2. The third-order valence-electron chi connectivity index (χ3n) is 3.78. The second kappa shape index (κ2) is 5.19. The van der Waals surface area contributed by atoms with E-state index >= 15 is 0 Å². The van der Waals surface area contributed by atoms with Gasteiger partial charge in [0.1, 0.15) is 23.7 Å². The minimum atomic E-state index is -0.734. The Morgan fingerprint density at radius 1 is 1.05 bits per heavy atom. The molecule has 1 saturated heterocycles. The van der Waals surface area contributed by atoms with Gasteiger partial charge in [0.15, 0.2) is 0 Å². The van der Waals surface area contributed by atoms with E-state index < -0.39 is 23.7 Å². The highest BCUT2D eigenvalue weighted by Gasteiger charge is 2.40. The second-order valence-electron chi connectivity index (χ2n) is 4.97. The molecule has 1 aromatic rings. The van der Waals surface area contributed by atoms with Gasteiger partial charge in [-0.15, -0.1) is 0 Å². The molecule has 0 saturated carbocycles. The number of halogens is 2. The van der Waals surface area contributed by atoms with E-state index in [1.807, 2.05) is 0 Å². The Balaban J connectivity index is 2.32. The minimum absolute atomic E-state index is 0.197. The highest BCUT2D eigenvalue weighted by atomic mass is 19.1. The quantitative estimate of drug-likeness (QED) is 0.825. The van der Waals surface area contributed by atoms with Crippen LogP contribution in [0.1, 0.15) is 19.4 Å². The number of piperazine rings is 1. The van der Waals surface area contributed by atoms with Crippen LogP contribution in [0.5, 0.6) is 0 Å². The van der Waals surface area contributed by atoms with Gasteiger partial charge in [0.25, 0.3) is 0 Å². The zero-order valence-electron chi connectivity index (χ0n) is 11.6. The van der Waals surface area contributed by atoms with Crippen LogP contribution in [-0.4, -0.2) is 40.7 Å². The number of hydrogen-bond acceptors (Lipinski definition) is 2. The van der Waals surface area contributed by atoms with Crippen LogP contribution in [0, 0.1) is 11.6 Å². The fraction of sp³-hybridized carbons (Fsp3) is 0.429. The summed E-state index contributed by atoms with van der Waals surface area (Å²) >= 11 is 0. The summed E-state index contributed by atoms with van der Waals surface area (Å²) in [6.45, 7) is 2.90. The van der Waals surface area contributed by atoms with E-state index in [2.05, 4.69) is 0 Å². The molecule has 0 unspecified atom stereocenters. The first kappa shape index (κ1) is 14.4. The lowest BCUT2D eigenvalue weighted by Crippen LogP contribution is -2.61. The van der Waals surface area contributed by atoms with Crippen LogP contribution in [-0.2, 0) is 16.1 Å². The van der Waals surface area contributed by atoms with Gasteiger partial charge in [0.05, 0.1) is 6.54 Å². The number of carbonyl (C=O) groups excluding carboxylic acids is 2. The molecule has 2 amide bonds. The third kappa shape index (κ3) is 2.26. The van der Waals surface area contributed by atoms with Crippen molar-refractivity contribution in [3.05, 3.63) is 35.4 Å². The lowest BCUT2D eigenvalue weighted by Gasteiger charge is -2.41. The number of amides is 2. The van der Waals surface area contributed by atoms with Crippen LogP contribution < -0.4 is 0 Å². The average Bonchev–Trinajstić information content (AvgIpc) is 2.42. The van der Waals surface area contributed by atoms with Crippen molar-refractivity contribution in [1.82, 2.24) is 9.80 Å². The molecule has 1 aliphatic heterocycles. The second-order valence-corrected chi connectivity index (χ2v) is 4.97. The van der Waals surface area contributed by atoms with Gasteiger partial charge in [-0.3, -0.25) is 9.59 Å². The van der Waals surface area contributed by atoms with Crippen molar-refractivity contribution in [3.8, 4) is 0 Å². The zero-order valence-corrected chi connectivity index (χ0v) is 11.6. The molecule has 1 aliphatic rings. The summed E-state index contributed by atoms with van der Waals surface area (Å²) in [5, 5.41) is 0. The zero-order chi connectivity index (χ0) is 15.0. The van der Waals surface area contributed by atoms with Crippen molar-refractivity contribution in [2.45, 2.75) is 32.5 Å². The summed E-state index contributed by atoms with van der Waals surface area (Å²) in [5.41, 5.74) is -0.197. The molecule has 0 bridgehead atoms. The lowest BCUT2D eigenvalue weighted by molar-refractivity contribution is -0.159. The van der Waals surface area contributed by atoms with Crippen LogP contribution in [0.3, 0.4) is 0 Å². The predicted molar refractivity (Wildman–Crippen MR) is 68.6 cm³/mol. The Kier molecular flexibility index (Phi) is 3.74. The van der Waals surface area contributed by atoms with Gasteiger partial charge >= 0.3 is 0 Å². The minimum Gasteiger partial charge on any atom is -0.332 e. The summed E-state index contributed by atoms with van der Waals surface area (Å²) in [4.78, 5) is 26.8. The molecular formula is C14H16F2N2O2. The first-order valence-electron chi connectivity index (χ1n) is 6.34. The van der Waals surface area contributed by atoms with Crippen molar-refractivity contribution in [2.24, 2.45) is 0 Å². The molecule has 0 radical (unpaired) electrons. The number of nitrogens with zero attached hydrogens (tertiary/aromatic N) is 2. The van der Waals surface area contributed by atoms with Gasteiger partial charge in [0, 0.05) is 12.6 Å². The molecule has 1 heterocycles. The Labute approximate surface area is 116 Å². The van der Waals surface area contributed by atoms with Crippen molar-refractivity contribution < 1.29 is 18.4 Å². The highest BCUT2D eigenvalue weighted by molar-refractivity contribution is 5.96. The molecule has 0 spiro atoms. The van der Waals surface area contributed by atoms with Gasteiger partial charge in [-0.2, -0.15) is 0 Å². The molecule has 4 nitrogen and oxygen atoms in total. The van der Waals surface area contributed by atoms with E-state index in [9.17, 15) is 18.4 Å². The molecule has 2 atom stereocenters. The van der Waals surface area contributed by atoms with Crippen molar-refractivity contribution in [3.63, 3.8) is 0 Å². The van der Waals surface area contributed by atoms with E-state index in [4.69, 9.17) is 0 Å². The lowest BCUT2D eigenvalue weighted by atomic mass is 10.1. The molecule has 2 rings (SSSR count). The SMILES string of the molecule is C[C@H]1C(=O)N(Cc2c(F)cccc2F)[C@@H](C)C(=O)N1C. The average molecular weight is 282 g/mol. The van der Waals surface area contributed by atoms with Crippen molar-refractivity contribution in [2.75, 3.05) is 7.05 Å². The first-order valence-corrected chi connectivity index (χ1v) is 6.34. The van der Waals surface area contributed by atoms with Crippen LogP contribution in [0.2, 0.25) is 0 Å². The number of carbonyl (C=O) groups is 2. The number of likely N-dealkylation sites (N-methyl/N-ethyl adjacent to an activating group) is 1. The Hall–Kier alpha value is -1.98. The molecule has 20 heavy (non-hydrogen) atoms. The molecule has 0 aliphatic carbocycles. The van der Waals surface area contributed by atoms with Gasteiger partial charge in [-0.05, 0) is 26.0 Å². The molecule has 6 heteroatoms. The standard InChI is InChI=1S/C14H16F2N2O2/c1-8-14(20)18(9(2)13(19)17(8)3)7-10-11(15)5-4-6-12(10)16/h4-6,8-9H,7H2,1-3H3/t8-,9-/m0/s1. The normalized spacial score (nSPS) is 23.4. The summed E-state index contributed by atoms with van der Waals surface area (Å²) < 4.78 is 27.3.